The predicted octanol–water partition coefficient (Wildman–Crippen LogP) is 5.15. The van der Waals surface area contributed by atoms with Gasteiger partial charge in [0, 0.05) is 34.9 Å². The topological polar surface area (TPSA) is 105 Å². The van der Waals surface area contributed by atoms with Gasteiger partial charge in [0.15, 0.2) is 5.13 Å². The van der Waals surface area contributed by atoms with Gasteiger partial charge in [0.05, 0.1) is 23.4 Å². The molecule has 1 amide bonds. The van der Waals surface area contributed by atoms with Crippen molar-refractivity contribution in [1.82, 2.24) is 4.98 Å². The first-order chi connectivity index (χ1) is 15.9. The van der Waals surface area contributed by atoms with Gasteiger partial charge in [-0.25, -0.2) is 4.98 Å². The smallest absolute Gasteiger partial charge is 0.233 e. The predicted molar refractivity (Wildman–Crippen MR) is 127 cm³/mol. The van der Waals surface area contributed by atoms with Crippen LogP contribution in [0, 0.1) is 22.7 Å². The van der Waals surface area contributed by atoms with Gasteiger partial charge >= 0.3 is 0 Å². The second kappa shape index (κ2) is 7.06. The molecule has 0 saturated heterocycles. The van der Waals surface area contributed by atoms with Crippen molar-refractivity contribution in [3.05, 3.63) is 76.2 Å². The highest BCUT2D eigenvalue weighted by atomic mass is 32.1. The number of nitriles is 1. The van der Waals surface area contributed by atoms with Crippen LogP contribution in [0.2, 0.25) is 0 Å². The fourth-order valence-electron chi connectivity index (χ4n) is 6.33. The maximum atomic E-state index is 13.7. The molecule has 7 rings (SSSR count). The van der Waals surface area contributed by atoms with E-state index in [0.717, 1.165) is 41.1 Å². The third kappa shape index (κ3) is 2.83. The number of nitrogen functional groups attached to an aromatic ring is 1. The van der Waals surface area contributed by atoms with Crippen LogP contribution in [0.3, 0.4) is 0 Å². The maximum absolute atomic E-state index is 13.7. The number of hydrogen-bond donors (Lipinski definition) is 2. The number of furan rings is 1. The Hall–Kier alpha value is -3.37. The van der Waals surface area contributed by atoms with Gasteiger partial charge < -0.3 is 15.5 Å². The molecule has 0 aliphatic heterocycles. The van der Waals surface area contributed by atoms with Crippen LogP contribution in [0.25, 0.3) is 0 Å². The van der Waals surface area contributed by atoms with Crippen LogP contribution >= 0.6 is 11.3 Å². The lowest BCUT2D eigenvalue weighted by atomic mass is 9.45. The molecule has 0 radical (unpaired) electrons. The Labute approximate surface area is 196 Å². The average Bonchev–Trinajstić information content (AvgIpc) is 3.56. The molecule has 4 aliphatic rings. The molecule has 4 aliphatic carbocycles. The number of anilines is 2. The molecule has 3 aromatic rings. The third-order valence-electron chi connectivity index (χ3n) is 7.72. The first kappa shape index (κ1) is 20.3. The molecule has 0 spiro atoms. The summed E-state index contributed by atoms with van der Waals surface area (Å²) in [6.07, 6.45) is 6.94. The van der Waals surface area contributed by atoms with Crippen molar-refractivity contribution in [2.75, 3.05) is 11.1 Å². The summed E-state index contributed by atoms with van der Waals surface area (Å²) in [5, 5.41) is 16.0. The monoisotopic (exact) mass is 456 g/mol. The molecular weight excluding hydrogens is 432 g/mol. The van der Waals surface area contributed by atoms with Gasteiger partial charge in [-0.1, -0.05) is 23.8 Å². The van der Waals surface area contributed by atoms with Crippen LogP contribution in [-0.4, -0.2) is 10.9 Å². The van der Waals surface area contributed by atoms with Gasteiger partial charge in [-0.05, 0) is 49.9 Å². The number of allylic oxidation sites excluding steroid dienone is 2. The Morgan fingerprint density at radius 3 is 2.97 bits per heavy atom. The minimum atomic E-state index is -0.787. The number of carbonyl (C=O) groups excluding carboxylic acids is 1. The second-order valence-corrected chi connectivity index (χ2v) is 10.5. The maximum Gasteiger partial charge on any atom is 0.233 e. The van der Waals surface area contributed by atoms with Crippen LogP contribution in [0.1, 0.15) is 54.7 Å². The summed E-state index contributed by atoms with van der Waals surface area (Å²) >= 11 is 1.43. The molecule has 6 nitrogen and oxygen atoms in total. The lowest BCUT2D eigenvalue weighted by molar-refractivity contribution is -0.129. The molecule has 7 heteroatoms. The van der Waals surface area contributed by atoms with Gasteiger partial charge in [-0.3, -0.25) is 4.79 Å². The van der Waals surface area contributed by atoms with Crippen molar-refractivity contribution in [2.45, 2.75) is 43.9 Å². The molecule has 3 unspecified atom stereocenters. The van der Waals surface area contributed by atoms with E-state index < -0.39 is 10.8 Å². The second-order valence-electron chi connectivity index (χ2n) is 9.67. The van der Waals surface area contributed by atoms with Gasteiger partial charge in [-0.15, -0.1) is 11.3 Å². The summed E-state index contributed by atoms with van der Waals surface area (Å²) in [4.78, 5) is 18.4. The number of nitrogens with one attached hydrogen (secondary N) is 1. The highest BCUT2D eigenvalue weighted by Crippen LogP contribution is 2.68. The number of carbonyl (C=O) groups is 1. The summed E-state index contributed by atoms with van der Waals surface area (Å²) in [5.74, 6) is 0.754. The molecule has 4 atom stereocenters. The first-order valence-corrected chi connectivity index (χ1v) is 12.1. The van der Waals surface area contributed by atoms with Crippen molar-refractivity contribution >= 4 is 28.1 Å². The van der Waals surface area contributed by atoms with Gasteiger partial charge in [0.2, 0.25) is 5.91 Å². The summed E-state index contributed by atoms with van der Waals surface area (Å²) < 4.78 is 5.85. The van der Waals surface area contributed by atoms with Crippen molar-refractivity contribution in [1.29, 1.82) is 5.26 Å². The Kier molecular flexibility index (Phi) is 4.33. The van der Waals surface area contributed by atoms with E-state index in [-0.39, 0.29) is 17.7 Å². The minimum absolute atomic E-state index is 0.0665. The van der Waals surface area contributed by atoms with E-state index >= 15 is 0 Å². The van der Waals surface area contributed by atoms with E-state index in [1.54, 1.807) is 6.26 Å². The quantitative estimate of drug-likeness (QED) is 0.417. The fraction of sp³-hybridized carbons (Fsp3) is 0.346. The van der Waals surface area contributed by atoms with E-state index in [9.17, 15) is 10.1 Å². The number of nitrogens with zero attached hydrogens (tertiary/aromatic N) is 2. The Morgan fingerprint density at radius 2 is 2.18 bits per heavy atom. The van der Waals surface area contributed by atoms with Crippen LogP contribution in [-0.2, 0) is 16.6 Å². The zero-order chi connectivity index (χ0) is 22.8. The highest BCUT2D eigenvalue weighted by molar-refractivity contribution is 7.13. The van der Waals surface area contributed by atoms with E-state index in [0.29, 0.717) is 18.0 Å². The SMILES string of the molecule is CC1(C(=O)Nc2nc(Cc3ccc(N)cc3)cs2)CC2(C#N)c3occc3C1C1=CCC[C@@H]12. The van der Waals surface area contributed by atoms with E-state index in [1.165, 1.54) is 16.9 Å². The number of hydrogen-bond acceptors (Lipinski definition) is 6. The molecule has 166 valence electrons. The van der Waals surface area contributed by atoms with Crippen LogP contribution in [0.15, 0.2) is 58.0 Å². The number of thiazole rings is 1. The zero-order valence-corrected chi connectivity index (χ0v) is 19.1. The van der Waals surface area contributed by atoms with Crippen LogP contribution < -0.4 is 11.1 Å². The van der Waals surface area contributed by atoms with Crippen molar-refractivity contribution in [2.24, 2.45) is 11.3 Å². The number of nitrogens with two attached hydrogens (primary N) is 1. The van der Waals surface area contributed by atoms with Crippen LogP contribution in [0.4, 0.5) is 10.8 Å². The normalized spacial score (nSPS) is 29.2. The Bertz CT molecular complexity index is 1330. The molecule has 2 heterocycles. The Balaban J connectivity index is 1.29. The average molecular weight is 457 g/mol. The van der Waals surface area contributed by atoms with Gasteiger partial charge in [0.1, 0.15) is 11.2 Å². The third-order valence-corrected chi connectivity index (χ3v) is 8.52. The number of rotatable bonds is 4. The molecule has 1 aromatic carbocycles. The minimum Gasteiger partial charge on any atom is -0.467 e. The fourth-order valence-corrected chi connectivity index (χ4v) is 7.03. The summed E-state index contributed by atoms with van der Waals surface area (Å²) in [6, 6.07) is 12.3. The summed E-state index contributed by atoms with van der Waals surface area (Å²) in [7, 11) is 0. The lowest BCUT2D eigenvalue weighted by Gasteiger charge is -2.55. The van der Waals surface area contributed by atoms with E-state index in [1.807, 2.05) is 42.6 Å². The van der Waals surface area contributed by atoms with Crippen LogP contribution in [0.5, 0.6) is 0 Å². The number of amides is 1. The van der Waals surface area contributed by atoms with E-state index in [2.05, 4.69) is 22.4 Å². The molecule has 33 heavy (non-hydrogen) atoms. The van der Waals surface area contributed by atoms with Crippen molar-refractivity contribution in [3.63, 3.8) is 0 Å². The van der Waals surface area contributed by atoms with Gasteiger partial charge in [0.25, 0.3) is 0 Å². The molecule has 2 bridgehead atoms. The van der Waals surface area contributed by atoms with E-state index in [4.69, 9.17) is 10.2 Å². The molecule has 1 saturated carbocycles. The zero-order valence-electron chi connectivity index (χ0n) is 18.3. The van der Waals surface area contributed by atoms with Crippen molar-refractivity contribution in [3.8, 4) is 6.07 Å². The Morgan fingerprint density at radius 1 is 1.36 bits per heavy atom. The standard InChI is InChI=1S/C26H24N4O2S/c1-25(23(31)30-24-29-17(12-33-24)11-15-5-7-16(28)8-6-15)13-26(14-27)20-4-2-3-18(20)21(25)19-9-10-32-22(19)26/h3,5-10,12,20-21H,2,4,11,13,28H2,1H3,(H,29,30,31)/t20-,21?,25?,26?/m0/s1. The highest BCUT2D eigenvalue weighted by Gasteiger charge is 2.66. The lowest BCUT2D eigenvalue weighted by Crippen LogP contribution is -2.56. The molecule has 3 N–H and O–H groups in total. The summed E-state index contributed by atoms with van der Waals surface area (Å²) in [6.45, 7) is 1.99. The number of fused-ring (bicyclic) bond motifs is 1. The van der Waals surface area contributed by atoms with Gasteiger partial charge in [-0.2, -0.15) is 5.26 Å². The van der Waals surface area contributed by atoms with Crippen molar-refractivity contribution < 1.29 is 9.21 Å². The molecule has 1 fully saturated rings. The largest absolute Gasteiger partial charge is 0.467 e. The first-order valence-electron chi connectivity index (χ1n) is 11.2. The number of benzene rings is 1. The summed E-state index contributed by atoms with van der Waals surface area (Å²) in [5.41, 5.74) is 9.22. The molecular formula is C26H24N4O2S. The molecule has 2 aromatic heterocycles. The number of aromatic nitrogens is 1.